The van der Waals surface area contributed by atoms with Crippen LogP contribution < -0.4 is 4.74 Å². The molecule has 1 aliphatic rings. The summed E-state index contributed by atoms with van der Waals surface area (Å²) in [5, 5.41) is 20.0. The summed E-state index contributed by atoms with van der Waals surface area (Å²) >= 11 is 0. The predicted molar refractivity (Wildman–Crippen MR) is 89.7 cm³/mol. The lowest BCUT2D eigenvalue weighted by molar-refractivity contribution is 0.213. The topological polar surface area (TPSA) is 52.9 Å². The molecule has 0 spiro atoms. The number of ether oxygens (including phenoxy) is 1. The van der Waals surface area contributed by atoms with Crippen LogP contribution in [0.1, 0.15) is 17.0 Å². The van der Waals surface area contributed by atoms with Gasteiger partial charge in [-0.3, -0.25) is 4.90 Å². The van der Waals surface area contributed by atoms with Gasteiger partial charge in [-0.05, 0) is 23.8 Å². The van der Waals surface area contributed by atoms with Crippen LogP contribution in [0.25, 0.3) is 0 Å². The van der Waals surface area contributed by atoms with Crippen LogP contribution in [0.3, 0.4) is 0 Å². The van der Waals surface area contributed by atoms with Crippen molar-refractivity contribution in [2.75, 3.05) is 26.8 Å². The first-order valence-electron chi connectivity index (χ1n) is 7.95. The van der Waals surface area contributed by atoms with Crippen LogP contribution in [0, 0.1) is 5.92 Å². The second-order valence-electron chi connectivity index (χ2n) is 6.15. The Morgan fingerprint density at radius 2 is 1.91 bits per heavy atom. The Morgan fingerprint density at radius 1 is 1.13 bits per heavy atom. The first-order valence-corrected chi connectivity index (χ1v) is 7.95. The van der Waals surface area contributed by atoms with Crippen LogP contribution in [-0.2, 0) is 6.54 Å². The van der Waals surface area contributed by atoms with Crippen LogP contribution in [0.2, 0.25) is 0 Å². The molecule has 23 heavy (non-hydrogen) atoms. The number of aromatic hydroxyl groups is 1. The normalized spacial score (nSPS) is 21.5. The van der Waals surface area contributed by atoms with E-state index in [9.17, 15) is 10.2 Å². The molecule has 0 saturated carbocycles. The van der Waals surface area contributed by atoms with E-state index in [-0.39, 0.29) is 24.2 Å². The summed E-state index contributed by atoms with van der Waals surface area (Å²) in [6.45, 7) is 2.62. The zero-order chi connectivity index (χ0) is 16.2. The highest BCUT2D eigenvalue weighted by Gasteiger charge is 2.34. The van der Waals surface area contributed by atoms with Crippen molar-refractivity contribution in [1.82, 2.24) is 4.90 Å². The zero-order valence-corrected chi connectivity index (χ0v) is 13.4. The van der Waals surface area contributed by atoms with E-state index in [1.165, 1.54) is 5.56 Å². The first-order chi connectivity index (χ1) is 11.2. The number of benzene rings is 2. The highest BCUT2D eigenvalue weighted by molar-refractivity contribution is 5.42. The van der Waals surface area contributed by atoms with Gasteiger partial charge < -0.3 is 14.9 Å². The fourth-order valence-corrected chi connectivity index (χ4v) is 3.43. The van der Waals surface area contributed by atoms with E-state index in [1.807, 2.05) is 24.3 Å². The van der Waals surface area contributed by atoms with E-state index in [2.05, 4.69) is 17.0 Å². The van der Waals surface area contributed by atoms with Crippen molar-refractivity contribution >= 4 is 0 Å². The van der Waals surface area contributed by atoms with Gasteiger partial charge in [0.25, 0.3) is 0 Å². The number of phenols is 1. The summed E-state index contributed by atoms with van der Waals surface area (Å²) in [4.78, 5) is 2.33. The second-order valence-corrected chi connectivity index (χ2v) is 6.15. The Hall–Kier alpha value is -2.04. The predicted octanol–water partition coefficient (Wildman–Crippen LogP) is 2.61. The minimum atomic E-state index is 0.110. The number of aliphatic hydroxyl groups excluding tert-OH is 1. The summed E-state index contributed by atoms with van der Waals surface area (Å²) in [7, 11) is 1.62. The molecule has 1 saturated heterocycles. The number of nitrogens with zero attached hydrogens (tertiary/aromatic N) is 1. The summed E-state index contributed by atoms with van der Waals surface area (Å²) < 4.78 is 5.27. The highest BCUT2D eigenvalue weighted by atomic mass is 16.5. The third-order valence-electron chi connectivity index (χ3n) is 4.63. The van der Waals surface area contributed by atoms with Crippen molar-refractivity contribution < 1.29 is 14.9 Å². The minimum Gasteiger partial charge on any atom is -0.508 e. The number of methoxy groups -OCH3 is 1. The van der Waals surface area contributed by atoms with Crippen molar-refractivity contribution in [2.45, 2.75) is 12.5 Å². The van der Waals surface area contributed by atoms with Gasteiger partial charge in [-0.1, -0.05) is 30.3 Å². The summed E-state index contributed by atoms with van der Waals surface area (Å²) in [6.07, 6.45) is 0. The molecule has 0 aliphatic carbocycles. The van der Waals surface area contributed by atoms with Crippen LogP contribution in [0.4, 0.5) is 0 Å². The monoisotopic (exact) mass is 313 g/mol. The molecule has 4 nitrogen and oxygen atoms in total. The van der Waals surface area contributed by atoms with E-state index in [0.717, 1.165) is 30.9 Å². The van der Waals surface area contributed by atoms with Gasteiger partial charge in [0.05, 0.1) is 7.11 Å². The van der Waals surface area contributed by atoms with Crippen LogP contribution in [0.5, 0.6) is 11.5 Å². The fourth-order valence-electron chi connectivity index (χ4n) is 3.43. The standard InChI is InChI=1S/C19H23NO3/c1-23-16-7-8-19(22)17(9-16)18-12-20(11-15(18)13-21)10-14-5-3-2-4-6-14/h2-9,15,18,21-22H,10-13H2,1H3/t15-,18+/m0/s1. The number of rotatable bonds is 5. The molecule has 0 unspecified atom stereocenters. The van der Waals surface area contributed by atoms with Crippen molar-refractivity contribution in [2.24, 2.45) is 5.92 Å². The lowest BCUT2D eigenvalue weighted by Crippen LogP contribution is -2.20. The fraction of sp³-hybridized carbons (Fsp3) is 0.368. The van der Waals surface area contributed by atoms with E-state index < -0.39 is 0 Å². The Kier molecular flexibility index (Phi) is 4.84. The van der Waals surface area contributed by atoms with Gasteiger partial charge in [0.1, 0.15) is 11.5 Å². The molecule has 3 rings (SSSR count). The molecular weight excluding hydrogens is 290 g/mol. The van der Waals surface area contributed by atoms with Gasteiger partial charge in [0.15, 0.2) is 0 Å². The van der Waals surface area contributed by atoms with Gasteiger partial charge in [0.2, 0.25) is 0 Å². The minimum absolute atomic E-state index is 0.110. The van der Waals surface area contributed by atoms with Gasteiger partial charge in [-0.25, -0.2) is 0 Å². The maximum absolute atomic E-state index is 10.2. The van der Waals surface area contributed by atoms with Crippen molar-refractivity contribution in [3.05, 3.63) is 59.7 Å². The van der Waals surface area contributed by atoms with Crippen molar-refractivity contribution in [1.29, 1.82) is 0 Å². The van der Waals surface area contributed by atoms with E-state index in [4.69, 9.17) is 4.74 Å². The van der Waals surface area contributed by atoms with Gasteiger partial charge in [-0.15, -0.1) is 0 Å². The maximum atomic E-state index is 10.2. The Labute approximate surface area is 136 Å². The number of likely N-dealkylation sites (tertiary alicyclic amines) is 1. The third-order valence-corrected chi connectivity index (χ3v) is 4.63. The summed E-state index contributed by atoms with van der Waals surface area (Å²) in [5.41, 5.74) is 2.12. The van der Waals surface area contributed by atoms with Gasteiger partial charge >= 0.3 is 0 Å². The highest BCUT2D eigenvalue weighted by Crippen LogP contribution is 2.39. The van der Waals surface area contributed by atoms with Crippen molar-refractivity contribution in [3.8, 4) is 11.5 Å². The average molecular weight is 313 g/mol. The first kappa shape index (κ1) is 15.8. The lowest BCUT2D eigenvalue weighted by atomic mass is 9.89. The van der Waals surface area contributed by atoms with E-state index in [1.54, 1.807) is 19.2 Å². The quantitative estimate of drug-likeness (QED) is 0.891. The molecular formula is C19H23NO3. The van der Waals surface area contributed by atoms with Gasteiger partial charge in [-0.2, -0.15) is 0 Å². The zero-order valence-electron chi connectivity index (χ0n) is 13.4. The Bertz CT molecular complexity index is 644. The summed E-state index contributed by atoms with van der Waals surface area (Å²) in [6, 6.07) is 15.6. The third kappa shape index (κ3) is 3.49. The lowest BCUT2D eigenvalue weighted by Gasteiger charge is -2.18. The molecule has 1 fully saturated rings. The number of aliphatic hydroxyl groups is 1. The Balaban J connectivity index is 1.79. The van der Waals surface area contributed by atoms with Crippen LogP contribution >= 0.6 is 0 Å². The maximum Gasteiger partial charge on any atom is 0.119 e. The van der Waals surface area contributed by atoms with Crippen molar-refractivity contribution in [3.63, 3.8) is 0 Å². The Morgan fingerprint density at radius 3 is 2.61 bits per heavy atom. The second kappa shape index (κ2) is 7.02. The van der Waals surface area contributed by atoms with E-state index in [0.29, 0.717) is 0 Å². The molecule has 0 aromatic heterocycles. The average Bonchev–Trinajstić information content (AvgIpc) is 2.99. The van der Waals surface area contributed by atoms with E-state index >= 15 is 0 Å². The van der Waals surface area contributed by atoms with Crippen LogP contribution in [-0.4, -0.2) is 41.9 Å². The number of phenolic OH excluding ortho intramolecular Hbond substituents is 1. The molecule has 1 heterocycles. The molecule has 2 aromatic rings. The smallest absolute Gasteiger partial charge is 0.119 e. The SMILES string of the molecule is COc1ccc(O)c([C@@H]2CN(Cc3ccccc3)C[C@H]2CO)c1. The molecule has 0 bridgehead atoms. The molecule has 0 radical (unpaired) electrons. The molecule has 1 aliphatic heterocycles. The summed E-state index contributed by atoms with van der Waals surface area (Å²) in [5.74, 6) is 1.24. The molecule has 0 amide bonds. The molecule has 2 aromatic carbocycles. The number of hydrogen-bond acceptors (Lipinski definition) is 4. The molecule has 122 valence electrons. The van der Waals surface area contributed by atoms with Gasteiger partial charge in [0, 0.05) is 43.6 Å². The van der Waals surface area contributed by atoms with Crippen LogP contribution in [0.15, 0.2) is 48.5 Å². The largest absolute Gasteiger partial charge is 0.508 e. The molecule has 2 atom stereocenters. The molecule has 2 N–H and O–H groups in total. The molecule has 4 heteroatoms. The number of hydrogen-bond donors (Lipinski definition) is 2.